The molecule has 6 heteroatoms. The number of amides is 1. The first-order valence-corrected chi connectivity index (χ1v) is 14.0. The summed E-state index contributed by atoms with van der Waals surface area (Å²) in [5.41, 5.74) is 2.92. The van der Waals surface area contributed by atoms with Gasteiger partial charge in [-0.1, -0.05) is 88.6 Å². The predicted octanol–water partition coefficient (Wildman–Crippen LogP) is 7.93. The average molecular weight is 537 g/mol. The number of hydrogen-bond acceptors (Lipinski definition) is 4. The zero-order chi connectivity index (χ0) is 28.3. The monoisotopic (exact) mass is 536 g/mol. The fourth-order valence-electron chi connectivity index (χ4n) is 5.42. The van der Waals surface area contributed by atoms with E-state index in [1.165, 1.54) is 12.0 Å². The van der Waals surface area contributed by atoms with Crippen LogP contribution in [-0.4, -0.2) is 22.0 Å². The van der Waals surface area contributed by atoms with Gasteiger partial charge in [0.05, 0.1) is 5.69 Å². The van der Waals surface area contributed by atoms with Crippen molar-refractivity contribution in [2.45, 2.75) is 70.3 Å². The molecule has 1 heterocycles. The van der Waals surface area contributed by atoms with Crippen LogP contribution in [0.3, 0.4) is 0 Å². The Hall–Kier alpha value is -4.19. The van der Waals surface area contributed by atoms with E-state index in [9.17, 15) is 14.7 Å². The second-order valence-electron chi connectivity index (χ2n) is 11.6. The summed E-state index contributed by atoms with van der Waals surface area (Å²) in [4.78, 5) is 30.2. The number of fused-ring (bicyclic) bond motifs is 1. The zero-order valence-electron chi connectivity index (χ0n) is 23.3. The Balaban J connectivity index is 1.48. The number of hydrogen-bond donors (Lipinski definition) is 2. The molecule has 3 aromatic carbocycles. The van der Waals surface area contributed by atoms with Gasteiger partial charge in [-0.25, -0.2) is 9.78 Å². The van der Waals surface area contributed by atoms with E-state index in [-0.39, 0.29) is 17.0 Å². The number of benzene rings is 3. The van der Waals surface area contributed by atoms with Gasteiger partial charge in [0.15, 0.2) is 6.04 Å². The highest BCUT2D eigenvalue weighted by Gasteiger charge is 2.26. The molecule has 0 bridgehead atoms. The zero-order valence-corrected chi connectivity index (χ0v) is 23.3. The van der Waals surface area contributed by atoms with Crippen molar-refractivity contribution in [3.8, 4) is 11.5 Å². The van der Waals surface area contributed by atoms with Gasteiger partial charge in [-0.3, -0.25) is 4.79 Å². The SMILES string of the molecule is CC(C)(C)c1ccc(Oc2ccc3cc(C(=O)NC(C(=O)O)c4ccccc4)nc(C4CCCCC4)c3c2)cc1. The molecule has 40 heavy (non-hydrogen) atoms. The fourth-order valence-corrected chi connectivity index (χ4v) is 5.42. The highest BCUT2D eigenvalue weighted by molar-refractivity contribution is 5.99. The lowest BCUT2D eigenvalue weighted by atomic mass is 9.84. The molecule has 1 aromatic heterocycles. The van der Waals surface area contributed by atoms with Crippen molar-refractivity contribution in [3.63, 3.8) is 0 Å². The Kier molecular flexibility index (Phi) is 7.88. The van der Waals surface area contributed by atoms with Gasteiger partial charge in [-0.2, -0.15) is 0 Å². The lowest BCUT2D eigenvalue weighted by molar-refractivity contribution is -0.139. The molecular weight excluding hydrogens is 500 g/mol. The van der Waals surface area contributed by atoms with E-state index in [1.807, 2.05) is 36.4 Å². The highest BCUT2D eigenvalue weighted by atomic mass is 16.5. The van der Waals surface area contributed by atoms with Crippen LogP contribution in [0.4, 0.5) is 0 Å². The van der Waals surface area contributed by atoms with Crippen LogP contribution in [0, 0.1) is 0 Å². The highest BCUT2D eigenvalue weighted by Crippen LogP contribution is 2.37. The number of nitrogens with one attached hydrogen (secondary N) is 1. The van der Waals surface area contributed by atoms with Gasteiger partial charge in [-0.05, 0) is 65.1 Å². The number of ether oxygens (including phenoxy) is 1. The van der Waals surface area contributed by atoms with E-state index in [2.05, 4.69) is 38.2 Å². The third-order valence-electron chi connectivity index (χ3n) is 7.67. The van der Waals surface area contributed by atoms with E-state index in [1.54, 1.807) is 30.3 Å². The molecule has 1 saturated carbocycles. The number of nitrogens with zero attached hydrogens (tertiary/aromatic N) is 1. The van der Waals surface area contributed by atoms with Crippen LogP contribution < -0.4 is 10.1 Å². The number of aliphatic carboxylic acids is 1. The molecule has 1 fully saturated rings. The van der Waals surface area contributed by atoms with Crippen LogP contribution >= 0.6 is 0 Å². The molecule has 1 amide bonds. The number of rotatable bonds is 7. The molecule has 5 rings (SSSR count). The molecule has 2 N–H and O–H groups in total. The topological polar surface area (TPSA) is 88.5 Å². The van der Waals surface area contributed by atoms with Gasteiger partial charge in [0, 0.05) is 11.3 Å². The molecule has 0 aliphatic heterocycles. The minimum Gasteiger partial charge on any atom is -0.479 e. The molecule has 6 nitrogen and oxygen atoms in total. The van der Waals surface area contributed by atoms with Crippen molar-refractivity contribution in [2.24, 2.45) is 0 Å². The van der Waals surface area contributed by atoms with Crippen molar-refractivity contribution >= 4 is 22.6 Å². The van der Waals surface area contributed by atoms with E-state index < -0.39 is 17.9 Å². The van der Waals surface area contributed by atoms with Crippen molar-refractivity contribution < 1.29 is 19.4 Å². The minimum absolute atomic E-state index is 0.0671. The van der Waals surface area contributed by atoms with E-state index in [0.717, 1.165) is 47.9 Å². The van der Waals surface area contributed by atoms with Gasteiger partial charge in [-0.15, -0.1) is 0 Å². The summed E-state index contributed by atoms with van der Waals surface area (Å²) in [5, 5.41) is 14.3. The van der Waals surface area contributed by atoms with E-state index in [4.69, 9.17) is 9.72 Å². The number of carboxylic acids is 1. The molecule has 0 saturated heterocycles. The van der Waals surface area contributed by atoms with Crippen molar-refractivity contribution in [1.82, 2.24) is 10.3 Å². The molecular formula is C34H36N2O4. The number of carbonyl (C=O) groups is 2. The number of carboxylic acid groups (broad SMARTS) is 1. The molecule has 1 aliphatic carbocycles. The lowest BCUT2D eigenvalue weighted by Crippen LogP contribution is -2.34. The summed E-state index contributed by atoms with van der Waals surface area (Å²) < 4.78 is 6.23. The maximum Gasteiger partial charge on any atom is 0.330 e. The van der Waals surface area contributed by atoms with E-state index in [0.29, 0.717) is 11.3 Å². The van der Waals surface area contributed by atoms with E-state index >= 15 is 0 Å². The lowest BCUT2D eigenvalue weighted by Gasteiger charge is -2.23. The van der Waals surface area contributed by atoms with Crippen molar-refractivity contribution in [2.75, 3.05) is 0 Å². The van der Waals surface area contributed by atoms with Crippen LogP contribution in [0.15, 0.2) is 78.9 Å². The second kappa shape index (κ2) is 11.5. The van der Waals surface area contributed by atoms with Gasteiger partial charge in [0.25, 0.3) is 5.91 Å². The van der Waals surface area contributed by atoms with Gasteiger partial charge < -0.3 is 15.2 Å². The number of pyridine rings is 1. The molecule has 1 unspecified atom stereocenters. The third-order valence-corrected chi connectivity index (χ3v) is 7.67. The first kappa shape index (κ1) is 27.4. The fraction of sp³-hybridized carbons (Fsp3) is 0.324. The standard InChI is InChI=1S/C34H36N2O4/c1-34(2,3)25-15-18-26(19-16-25)40-27-17-14-24-20-29(35-30(28(24)21-27)22-10-6-4-7-11-22)32(37)36-31(33(38)39)23-12-8-5-9-13-23/h5,8-9,12-22,31H,4,6-7,10-11H2,1-3H3,(H,36,37)(H,38,39). The number of aromatic nitrogens is 1. The smallest absolute Gasteiger partial charge is 0.330 e. The van der Waals surface area contributed by atoms with Gasteiger partial charge >= 0.3 is 5.97 Å². The quantitative estimate of drug-likeness (QED) is 0.250. The van der Waals surface area contributed by atoms with Crippen LogP contribution in [0.25, 0.3) is 10.8 Å². The Labute approximate surface area is 235 Å². The molecule has 0 spiro atoms. The largest absolute Gasteiger partial charge is 0.479 e. The minimum atomic E-state index is -1.16. The maximum absolute atomic E-state index is 13.4. The first-order valence-electron chi connectivity index (χ1n) is 14.0. The summed E-state index contributed by atoms with van der Waals surface area (Å²) >= 11 is 0. The van der Waals surface area contributed by atoms with Crippen molar-refractivity contribution in [3.05, 3.63) is 101 Å². The van der Waals surface area contributed by atoms with Crippen LogP contribution in [0.1, 0.15) is 92.1 Å². The maximum atomic E-state index is 13.4. The molecule has 4 aromatic rings. The van der Waals surface area contributed by atoms with Crippen molar-refractivity contribution in [1.29, 1.82) is 0 Å². The molecule has 1 atom stereocenters. The Morgan fingerprint density at radius 2 is 1.57 bits per heavy atom. The Morgan fingerprint density at radius 1 is 0.900 bits per heavy atom. The third kappa shape index (κ3) is 6.17. The predicted molar refractivity (Wildman–Crippen MR) is 157 cm³/mol. The summed E-state index contributed by atoms with van der Waals surface area (Å²) in [7, 11) is 0. The summed E-state index contributed by atoms with van der Waals surface area (Å²) in [6.07, 6.45) is 5.46. The molecule has 206 valence electrons. The Morgan fingerprint density at radius 3 is 2.23 bits per heavy atom. The number of carbonyl (C=O) groups excluding carboxylic acids is 1. The second-order valence-corrected chi connectivity index (χ2v) is 11.6. The summed E-state index contributed by atoms with van der Waals surface area (Å²) in [5.74, 6) is 0.0765. The van der Waals surface area contributed by atoms with Crippen LogP contribution in [0.5, 0.6) is 11.5 Å². The average Bonchev–Trinajstić information content (AvgIpc) is 2.96. The normalized spacial score (nSPS) is 15.0. The Bertz CT molecular complexity index is 1500. The van der Waals surface area contributed by atoms with Gasteiger partial charge in [0.1, 0.15) is 17.2 Å². The summed E-state index contributed by atoms with van der Waals surface area (Å²) in [6.45, 7) is 6.55. The van der Waals surface area contributed by atoms with Crippen LogP contribution in [-0.2, 0) is 10.2 Å². The first-order chi connectivity index (χ1) is 19.2. The molecule has 1 aliphatic rings. The van der Waals surface area contributed by atoms with Gasteiger partial charge in [0.2, 0.25) is 0 Å². The van der Waals surface area contributed by atoms with Crippen LogP contribution in [0.2, 0.25) is 0 Å². The molecule has 0 radical (unpaired) electrons. The summed E-state index contributed by atoms with van der Waals surface area (Å²) in [6, 6.07) is 23.3.